The van der Waals surface area contributed by atoms with E-state index in [4.69, 9.17) is 21.6 Å². The zero-order chi connectivity index (χ0) is 27.4. The molecule has 1 unspecified atom stereocenters. The Labute approximate surface area is 226 Å². The van der Waals surface area contributed by atoms with E-state index in [1.807, 2.05) is 29.2 Å². The van der Waals surface area contributed by atoms with Gasteiger partial charge in [-0.25, -0.2) is 4.98 Å². The van der Waals surface area contributed by atoms with E-state index < -0.39 is 6.10 Å². The molecule has 9 nitrogen and oxygen atoms in total. The van der Waals surface area contributed by atoms with Crippen LogP contribution in [0.5, 0.6) is 0 Å². The van der Waals surface area contributed by atoms with Crippen LogP contribution >= 0.6 is 11.6 Å². The van der Waals surface area contributed by atoms with Crippen molar-refractivity contribution in [3.63, 3.8) is 0 Å². The van der Waals surface area contributed by atoms with Gasteiger partial charge in [0.05, 0.1) is 27.8 Å². The summed E-state index contributed by atoms with van der Waals surface area (Å²) < 4.78 is 6.48. The van der Waals surface area contributed by atoms with Gasteiger partial charge in [-0.05, 0) is 61.1 Å². The second-order valence-electron chi connectivity index (χ2n) is 9.61. The van der Waals surface area contributed by atoms with Gasteiger partial charge >= 0.3 is 0 Å². The van der Waals surface area contributed by atoms with Crippen LogP contribution in [0.4, 0.5) is 0 Å². The molecule has 198 valence electrons. The number of methoxy groups -OCH3 is 1. The number of amides is 2. The van der Waals surface area contributed by atoms with E-state index in [0.29, 0.717) is 34.6 Å². The molecule has 1 aromatic heterocycles. The van der Waals surface area contributed by atoms with Crippen LogP contribution in [0.15, 0.2) is 47.5 Å². The number of carbonyl (C=O) groups is 2. The van der Waals surface area contributed by atoms with Crippen LogP contribution in [0.2, 0.25) is 5.02 Å². The molecule has 2 heterocycles. The standard InChI is InChI=1S/C28H30ClN5O4/c1-18(38-3)27(36)33-10-8-20(9-11-33)21-6-7-25-23(13-21)28(37)34(17-31-25)16-26(35)32(2)15-19-4-5-22(14-30)24(29)12-19/h4-7,12-13,17-18,20H,8-11,15-16H2,1-3H3. The molecule has 1 atom stereocenters. The maximum absolute atomic E-state index is 13.3. The summed E-state index contributed by atoms with van der Waals surface area (Å²) in [6, 6.07) is 12.7. The molecule has 0 bridgehead atoms. The lowest BCUT2D eigenvalue weighted by Crippen LogP contribution is -2.43. The molecular weight excluding hydrogens is 506 g/mol. The monoisotopic (exact) mass is 535 g/mol. The minimum Gasteiger partial charge on any atom is -0.372 e. The number of carbonyl (C=O) groups excluding carboxylic acids is 2. The number of likely N-dealkylation sites (tertiary alicyclic amines) is 1. The fourth-order valence-electron chi connectivity index (χ4n) is 4.71. The first-order chi connectivity index (χ1) is 18.2. The van der Waals surface area contributed by atoms with Crippen molar-refractivity contribution in [3.8, 4) is 6.07 Å². The van der Waals surface area contributed by atoms with Crippen molar-refractivity contribution in [1.29, 1.82) is 5.26 Å². The highest BCUT2D eigenvalue weighted by Crippen LogP contribution is 2.29. The molecule has 0 saturated carbocycles. The molecule has 2 aromatic carbocycles. The molecule has 0 radical (unpaired) electrons. The Morgan fingerprint density at radius 1 is 1.24 bits per heavy atom. The Balaban J connectivity index is 1.46. The predicted octanol–water partition coefficient (Wildman–Crippen LogP) is 3.32. The summed E-state index contributed by atoms with van der Waals surface area (Å²) in [6.45, 7) is 3.16. The summed E-state index contributed by atoms with van der Waals surface area (Å²) in [5.74, 6) is -0.0398. The molecule has 0 spiro atoms. The van der Waals surface area contributed by atoms with Crippen LogP contribution in [-0.4, -0.2) is 64.5 Å². The Morgan fingerprint density at radius 2 is 1.97 bits per heavy atom. The summed E-state index contributed by atoms with van der Waals surface area (Å²) in [5, 5.41) is 9.83. The van der Waals surface area contributed by atoms with Crippen LogP contribution in [-0.2, 0) is 27.4 Å². The number of likely N-dealkylation sites (N-methyl/N-ethyl adjacent to an activating group) is 1. The van der Waals surface area contributed by atoms with Gasteiger partial charge in [0.25, 0.3) is 11.5 Å². The maximum atomic E-state index is 13.3. The first-order valence-corrected chi connectivity index (χ1v) is 12.8. The molecule has 2 amide bonds. The van der Waals surface area contributed by atoms with Crippen molar-refractivity contribution in [2.45, 2.75) is 44.9 Å². The van der Waals surface area contributed by atoms with Gasteiger partial charge in [-0.2, -0.15) is 5.26 Å². The smallest absolute Gasteiger partial charge is 0.261 e. The first kappa shape index (κ1) is 27.3. The lowest BCUT2D eigenvalue weighted by Gasteiger charge is -2.33. The second-order valence-corrected chi connectivity index (χ2v) is 10.0. The van der Waals surface area contributed by atoms with Gasteiger partial charge in [0.2, 0.25) is 5.91 Å². The number of rotatable bonds is 7. The van der Waals surface area contributed by atoms with Gasteiger partial charge in [-0.15, -0.1) is 0 Å². The lowest BCUT2D eigenvalue weighted by atomic mass is 9.88. The second kappa shape index (κ2) is 11.8. The van der Waals surface area contributed by atoms with Gasteiger partial charge in [-0.3, -0.25) is 19.0 Å². The van der Waals surface area contributed by atoms with Crippen LogP contribution in [0.25, 0.3) is 10.9 Å². The van der Waals surface area contributed by atoms with Crippen LogP contribution in [0.1, 0.15) is 42.4 Å². The molecule has 0 aliphatic carbocycles. The zero-order valence-corrected chi connectivity index (χ0v) is 22.4. The number of aromatic nitrogens is 2. The number of piperidine rings is 1. The topological polar surface area (TPSA) is 109 Å². The average Bonchev–Trinajstić information content (AvgIpc) is 2.93. The summed E-state index contributed by atoms with van der Waals surface area (Å²) in [4.78, 5) is 46.3. The molecule has 38 heavy (non-hydrogen) atoms. The van der Waals surface area contributed by atoms with E-state index in [2.05, 4.69) is 4.98 Å². The number of fused-ring (bicyclic) bond motifs is 1. The molecule has 3 aromatic rings. The van der Waals surface area contributed by atoms with Crippen molar-refractivity contribution in [2.24, 2.45) is 0 Å². The first-order valence-electron chi connectivity index (χ1n) is 12.4. The Morgan fingerprint density at radius 3 is 2.63 bits per heavy atom. The highest BCUT2D eigenvalue weighted by molar-refractivity contribution is 6.31. The number of nitrogens with zero attached hydrogens (tertiary/aromatic N) is 5. The zero-order valence-electron chi connectivity index (χ0n) is 21.7. The van der Waals surface area contributed by atoms with Crippen LogP contribution < -0.4 is 5.56 Å². The van der Waals surface area contributed by atoms with Crippen LogP contribution in [0.3, 0.4) is 0 Å². The lowest BCUT2D eigenvalue weighted by molar-refractivity contribution is -0.142. The largest absolute Gasteiger partial charge is 0.372 e. The van der Waals surface area contributed by atoms with E-state index in [-0.39, 0.29) is 36.4 Å². The molecular formula is C28H30ClN5O4. The summed E-state index contributed by atoms with van der Waals surface area (Å²) >= 11 is 6.10. The normalized spacial score (nSPS) is 14.8. The van der Waals surface area contributed by atoms with Gasteiger partial charge in [0.15, 0.2) is 0 Å². The molecule has 1 fully saturated rings. The van der Waals surface area contributed by atoms with Crippen molar-refractivity contribution in [2.75, 3.05) is 27.2 Å². The fourth-order valence-corrected chi connectivity index (χ4v) is 4.96. The fraction of sp³-hybridized carbons (Fsp3) is 0.393. The molecule has 1 saturated heterocycles. The van der Waals surface area contributed by atoms with Crippen molar-refractivity contribution >= 4 is 34.3 Å². The Bertz CT molecular complexity index is 1460. The third kappa shape index (κ3) is 5.87. The Kier molecular flexibility index (Phi) is 8.45. The van der Waals surface area contributed by atoms with E-state index in [9.17, 15) is 14.4 Å². The Hall–Kier alpha value is -3.74. The minimum absolute atomic E-state index is 0.00605. The number of benzene rings is 2. The molecule has 1 aliphatic heterocycles. The highest BCUT2D eigenvalue weighted by atomic mass is 35.5. The average molecular weight is 536 g/mol. The third-order valence-electron chi connectivity index (χ3n) is 7.13. The number of hydrogen-bond acceptors (Lipinski definition) is 6. The van der Waals surface area contributed by atoms with Gasteiger partial charge < -0.3 is 14.5 Å². The quantitative estimate of drug-likeness (QED) is 0.459. The summed E-state index contributed by atoms with van der Waals surface area (Å²) in [7, 11) is 3.18. The number of halogens is 1. The van der Waals surface area contributed by atoms with Crippen molar-refractivity contribution in [1.82, 2.24) is 19.4 Å². The predicted molar refractivity (Wildman–Crippen MR) is 144 cm³/mol. The van der Waals surface area contributed by atoms with E-state index >= 15 is 0 Å². The summed E-state index contributed by atoms with van der Waals surface area (Å²) in [6.07, 6.45) is 2.53. The SMILES string of the molecule is COC(C)C(=O)N1CCC(c2ccc3ncn(CC(=O)N(C)Cc4ccc(C#N)c(Cl)c4)c(=O)c3c2)CC1. The molecule has 10 heteroatoms. The van der Waals surface area contributed by atoms with Crippen molar-refractivity contribution < 1.29 is 14.3 Å². The number of ether oxygens (including phenoxy) is 1. The minimum atomic E-state index is -0.458. The van der Waals surface area contributed by atoms with E-state index in [1.165, 1.54) is 22.9 Å². The van der Waals surface area contributed by atoms with E-state index in [0.717, 1.165) is 24.0 Å². The number of nitriles is 1. The van der Waals surface area contributed by atoms with Gasteiger partial charge in [-0.1, -0.05) is 23.7 Å². The van der Waals surface area contributed by atoms with Crippen LogP contribution in [0, 0.1) is 11.3 Å². The molecule has 0 N–H and O–H groups in total. The summed E-state index contributed by atoms with van der Waals surface area (Å²) in [5.41, 5.74) is 2.48. The molecule has 4 rings (SSSR count). The van der Waals surface area contributed by atoms with Crippen molar-refractivity contribution in [3.05, 3.63) is 74.8 Å². The maximum Gasteiger partial charge on any atom is 0.261 e. The number of hydrogen-bond donors (Lipinski definition) is 0. The van der Waals surface area contributed by atoms with Gasteiger partial charge in [0, 0.05) is 33.8 Å². The van der Waals surface area contributed by atoms with E-state index in [1.54, 1.807) is 32.2 Å². The molecule has 1 aliphatic rings. The highest BCUT2D eigenvalue weighted by Gasteiger charge is 2.27. The van der Waals surface area contributed by atoms with Gasteiger partial charge in [0.1, 0.15) is 18.7 Å². The third-order valence-corrected chi connectivity index (χ3v) is 7.45.